The molecule has 28 heavy (non-hydrogen) atoms. The second kappa shape index (κ2) is 7.90. The molecular weight excluding hydrogens is 382 g/mol. The van der Waals surface area contributed by atoms with Crippen LogP contribution in [-0.2, 0) is 4.79 Å². The van der Waals surface area contributed by atoms with Crippen molar-refractivity contribution in [2.24, 2.45) is 0 Å². The molecule has 1 saturated heterocycles. The van der Waals surface area contributed by atoms with E-state index >= 15 is 0 Å². The van der Waals surface area contributed by atoms with Crippen LogP contribution in [0.5, 0.6) is 5.75 Å². The zero-order valence-corrected chi connectivity index (χ0v) is 15.8. The Kier molecular flexibility index (Phi) is 5.16. The fourth-order valence-electron chi connectivity index (χ4n) is 3.10. The number of carbonyl (C=O) groups excluding carboxylic acids is 2. The number of fused-ring (bicyclic) bond motifs is 1. The molecule has 1 aliphatic rings. The van der Waals surface area contributed by atoms with Gasteiger partial charge in [0.15, 0.2) is 18.6 Å². The Morgan fingerprint density at radius 3 is 2.50 bits per heavy atom. The average molecular weight is 400 g/mol. The van der Waals surface area contributed by atoms with E-state index in [4.69, 9.17) is 20.8 Å². The van der Waals surface area contributed by atoms with Gasteiger partial charge in [-0.25, -0.2) is 4.98 Å². The van der Waals surface area contributed by atoms with Crippen molar-refractivity contribution in [3.8, 4) is 5.75 Å². The molecule has 0 bridgehead atoms. The highest BCUT2D eigenvalue weighted by Gasteiger charge is 2.25. The van der Waals surface area contributed by atoms with E-state index in [9.17, 15) is 9.59 Å². The summed E-state index contributed by atoms with van der Waals surface area (Å²) < 4.78 is 10.7. The Balaban J connectivity index is 1.30. The molecule has 0 aliphatic carbocycles. The Bertz CT molecular complexity index is 994. The lowest BCUT2D eigenvalue weighted by Crippen LogP contribution is -2.51. The molecule has 1 aliphatic heterocycles. The molecule has 1 fully saturated rings. The molecule has 2 heterocycles. The van der Waals surface area contributed by atoms with E-state index in [1.807, 2.05) is 0 Å². The van der Waals surface area contributed by atoms with Gasteiger partial charge in [0, 0.05) is 36.8 Å². The molecule has 0 radical (unpaired) electrons. The van der Waals surface area contributed by atoms with Crippen molar-refractivity contribution in [2.45, 2.75) is 0 Å². The number of amides is 2. The first-order chi connectivity index (χ1) is 13.6. The van der Waals surface area contributed by atoms with E-state index in [2.05, 4.69) is 4.98 Å². The number of halogens is 1. The first-order valence-corrected chi connectivity index (χ1v) is 9.26. The van der Waals surface area contributed by atoms with Gasteiger partial charge in [0.05, 0.1) is 0 Å². The van der Waals surface area contributed by atoms with E-state index < -0.39 is 0 Å². The van der Waals surface area contributed by atoms with Gasteiger partial charge in [-0.3, -0.25) is 9.59 Å². The van der Waals surface area contributed by atoms with Crippen molar-refractivity contribution < 1.29 is 18.7 Å². The molecule has 144 valence electrons. The summed E-state index contributed by atoms with van der Waals surface area (Å²) in [7, 11) is 0. The number of oxazole rings is 1. The molecule has 2 amide bonds. The average Bonchev–Trinajstić information content (AvgIpc) is 3.20. The quantitative estimate of drug-likeness (QED) is 0.674. The van der Waals surface area contributed by atoms with Gasteiger partial charge >= 0.3 is 0 Å². The normalized spacial score (nSPS) is 14.3. The summed E-state index contributed by atoms with van der Waals surface area (Å²) >= 11 is 5.83. The molecule has 0 saturated carbocycles. The zero-order valence-electron chi connectivity index (χ0n) is 15.0. The molecule has 1 aromatic heterocycles. The largest absolute Gasteiger partial charge is 0.484 e. The number of hydrogen-bond acceptors (Lipinski definition) is 5. The summed E-state index contributed by atoms with van der Waals surface area (Å²) in [6, 6.07) is 12.1. The van der Waals surface area contributed by atoms with Crippen molar-refractivity contribution in [1.82, 2.24) is 14.8 Å². The van der Waals surface area contributed by atoms with E-state index in [1.165, 1.54) is 6.39 Å². The topological polar surface area (TPSA) is 75.9 Å². The molecule has 0 atom stereocenters. The first-order valence-electron chi connectivity index (χ1n) is 8.89. The number of piperazine rings is 1. The van der Waals surface area contributed by atoms with Gasteiger partial charge in [-0.05, 0) is 42.5 Å². The van der Waals surface area contributed by atoms with Crippen LogP contribution in [0.4, 0.5) is 0 Å². The van der Waals surface area contributed by atoms with Gasteiger partial charge in [-0.1, -0.05) is 11.6 Å². The molecule has 2 aromatic carbocycles. The lowest BCUT2D eigenvalue weighted by atomic mass is 10.1. The van der Waals surface area contributed by atoms with E-state index in [0.717, 1.165) is 0 Å². The van der Waals surface area contributed by atoms with E-state index in [1.54, 1.807) is 52.3 Å². The van der Waals surface area contributed by atoms with Crippen LogP contribution in [0.3, 0.4) is 0 Å². The molecule has 7 nitrogen and oxygen atoms in total. The number of ether oxygens (including phenoxy) is 1. The van der Waals surface area contributed by atoms with Crippen LogP contribution in [0.15, 0.2) is 53.3 Å². The predicted molar refractivity (Wildman–Crippen MR) is 103 cm³/mol. The number of benzene rings is 2. The molecular formula is C20H18ClN3O4. The third-order valence-electron chi connectivity index (χ3n) is 4.67. The lowest BCUT2D eigenvalue weighted by molar-refractivity contribution is -0.134. The molecule has 3 aromatic rings. The smallest absolute Gasteiger partial charge is 0.260 e. The number of carbonyl (C=O) groups is 2. The van der Waals surface area contributed by atoms with Gasteiger partial charge in [0.1, 0.15) is 11.3 Å². The second-order valence-corrected chi connectivity index (χ2v) is 6.89. The van der Waals surface area contributed by atoms with Gasteiger partial charge in [-0.2, -0.15) is 0 Å². The first kappa shape index (κ1) is 18.3. The summed E-state index contributed by atoms with van der Waals surface area (Å²) in [6.07, 6.45) is 1.36. The third kappa shape index (κ3) is 3.94. The van der Waals surface area contributed by atoms with Gasteiger partial charge in [-0.15, -0.1) is 0 Å². The van der Waals surface area contributed by atoms with Crippen LogP contribution in [-0.4, -0.2) is 59.4 Å². The van der Waals surface area contributed by atoms with Crippen LogP contribution in [0, 0.1) is 0 Å². The Labute approximate surface area is 166 Å². The van der Waals surface area contributed by atoms with E-state index in [-0.39, 0.29) is 18.4 Å². The highest BCUT2D eigenvalue weighted by Crippen LogP contribution is 2.17. The van der Waals surface area contributed by atoms with Gasteiger partial charge in [0.25, 0.3) is 11.8 Å². The van der Waals surface area contributed by atoms with Crippen LogP contribution in [0.25, 0.3) is 11.1 Å². The van der Waals surface area contributed by atoms with Crippen molar-refractivity contribution >= 4 is 34.5 Å². The van der Waals surface area contributed by atoms with Crippen LogP contribution in [0.2, 0.25) is 5.02 Å². The molecule has 0 unspecified atom stereocenters. The van der Waals surface area contributed by atoms with Crippen molar-refractivity contribution in [2.75, 3.05) is 32.8 Å². The monoisotopic (exact) mass is 399 g/mol. The van der Waals surface area contributed by atoms with Gasteiger partial charge in [0.2, 0.25) is 0 Å². The Morgan fingerprint density at radius 1 is 1.04 bits per heavy atom. The maximum atomic E-state index is 12.7. The fourth-order valence-corrected chi connectivity index (χ4v) is 3.23. The number of nitrogens with zero attached hydrogens (tertiary/aromatic N) is 3. The Hall–Kier alpha value is -3.06. The fraction of sp³-hybridized carbons (Fsp3) is 0.250. The van der Waals surface area contributed by atoms with Crippen molar-refractivity contribution in [1.29, 1.82) is 0 Å². The molecule has 8 heteroatoms. The number of hydrogen-bond donors (Lipinski definition) is 0. The summed E-state index contributed by atoms with van der Waals surface area (Å²) in [5.74, 6) is 0.412. The van der Waals surface area contributed by atoms with E-state index in [0.29, 0.717) is 53.6 Å². The maximum Gasteiger partial charge on any atom is 0.260 e. The van der Waals surface area contributed by atoms with Gasteiger partial charge < -0.3 is 19.0 Å². The molecule has 0 N–H and O–H groups in total. The van der Waals surface area contributed by atoms with Crippen LogP contribution < -0.4 is 4.74 Å². The summed E-state index contributed by atoms with van der Waals surface area (Å²) in [5, 5.41) is 0.613. The zero-order chi connectivity index (χ0) is 19.5. The molecule has 4 rings (SSSR count). The number of rotatable bonds is 4. The minimum absolute atomic E-state index is 0.0432. The highest BCUT2D eigenvalue weighted by atomic mass is 35.5. The minimum atomic E-state index is -0.105. The molecule has 0 spiro atoms. The van der Waals surface area contributed by atoms with Crippen LogP contribution in [0.1, 0.15) is 10.4 Å². The van der Waals surface area contributed by atoms with Crippen molar-refractivity contribution in [3.05, 3.63) is 59.4 Å². The summed E-state index contributed by atoms with van der Waals surface area (Å²) in [5.41, 5.74) is 1.86. The standard InChI is InChI=1S/C20H18ClN3O4/c21-15-2-4-16(5-3-15)27-12-19(25)23-7-9-24(10-8-23)20(26)14-1-6-18-17(11-14)22-13-28-18/h1-6,11,13H,7-10,12H2. The summed E-state index contributed by atoms with van der Waals surface area (Å²) in [6.45, 7) is 1.85. The Morgan fingerprint density at radius 2 is 1.75 bits per heavy atom. The summed E-state index contributed by atoms with van der Waals surface area (Å²) in [4.78, 5) is 32.6. The SMILES string of the molecule is O=C(COc1ccc(Cl)cc1)N1CCN(C(=O)c2ccc3ocnc3c2)CC1. The van der Waals surface area contributed by atoms with Crippen LogP contribution >= 0.6 is 11.6 Å². The second-order valence-electron chi connectivity index (χ2n) is 6.45. The third-order valence-corrected chi connectivity index (χ3v) is 4.92. The maximum absolute atomic E-state index is 12.7. The number of aromatic nitrogens is 1. The highest BCUT2D eigenvalue weighted by molar-refractivity contribution is 6.30. The minimum Gasteiger partial charge on any atom is -0.484 e. The lowest BCUT2D eigenvalue weighted by Gasteiger charge is -2.34. The predicted octanol–water partition coefficient (Wildman–Crippen LogP) is 2.84. The van der Waals surface area contributed by atoms with Crippen molar-refractivity contribution in [3.63, 3.8) is 0 Å².